The quantitative estimate of drug-likeness (QED) is 0.653. The first-order valence-electron chi connectivity index (χ1n) is 9.25. The highest BCUT2D eigenvalue weighted by Gasteiger charge is 2.59. The van der Waals surface area contributed by atoms with Gasteiger partial charge in [-0.05, 0) is 73.3 Å². The lowest BCUT2D eigenvalue weighted by Gasteiger charge is -2.57. The Hall–Kier alpha value is -1.18. The first kappa shape index (κ1) is 15.4. The minimum Gasteiger partial charge on any atom is -0.299 e. The molecule has 0 aliphatic heterocycles. The Morgan fingerprint density at radius 2 is 1.70 bits per heavy atom. The van der Waals surface area contributed by atoms with Gasteiger partial charge in [0.15, 0.2) is 5.78 Å². The minimum atomic E-state index is -0.0848. The lowest BCUT2D eigenvalue weighted by atomic mass is 9.46. The number of allylic oxidation sites excluding steroid dienone is 2. The molecule has 0 unspecified atom stereocenters. The summed E-state index contributed by atoms with van der Waals surface area (Å²) in [5.74, 6) is 2.54. The van der Waals surface area contributed by atoms with Gasteiger partial charge in [0, 0.05) is 18.3 Å². The maximum Gasteiger partial charge on any atom is 0.158 e. The van der Waals surface area contributed by atoms with Crippen LogP contribution in [0, 0.1) is 28.6 Å². The molecular formula is C21H28O2. The van der Waals surface area contributed by atoms with Crippen LogP contribution in [0.15, 0.2) is 23.3 Å². The van der Waals surface area contributed by atoms with Gasteiger partial charge in [0.25, 0.3) is 0 Å². The van der Waals surface area contributed by atoms with Crippen LogP contribution < -0.4 is 0 Å². The fourth-order valence-electron chi connectivity index (χ4n) is 6.81. The number of hydrogen-bond acceptors (Lipinski definition) is 2. The number of ketones is 2. The number of rotatable bonds is 0. The van der Waals surface area contributed by atoms with E-state index < -0.39 is 0 Å². The molecule has 2 nitrogen and oxygen atoms in total. The predicted octanol–water partition coefficient (Wildman–Crippen LogP) is 4.64. The summed E-state index contributed by atoms with van der Waals surface area (Å²) < 4.78 is 0. The van der Waals surface area contributed by atoms with E-state index in [0.717, 1.165) is 44.1 Å². The first-order valence-corrected chi connectivity index (χ1v) is 9.25. The lowest BCUT2D eigenvalue weighted by Crippen LogP contribution is -2.51. The Balaban J connectivity index is 1.79. The summed E-state index contributed by atoms with van der Waals surface area (Å²) >= 11 is 0. The second kappa shape index (κ2) is 4.68. The van der Waals surface area contributed by atoms with Crippen LogP contribution in [0.5, 0.6) is 0 Å². The van der Waals surface area contributed by atoms with Gasteiger partial charge in [0.05, 0.1) is 0 Å². The molecule has 124 valence electrons. The topological polar surface area (TPSA) is 34.1 Å². The Bertz CT molecular complexity index is 655. The SMILES string of the molecule is C=C1C[C@@H]2[C@H](CC[C@]3(C)C(=O)CC[C@@H]23)[C@@]2(C)CCC(=O)C(C)=C12. The monoisotopic (exact) mass is 312 g/mol. The average Bonchev–Trinajstić information content (AvgIpc) is 2.79. The molecule has 0 spiro atoms. The summed E-state index contributed by atoms with van der Waals surface area (Å²) in [4.78, 5) is 24.7. The van der Waals surface area contributed by atoms with Crippen molar-refractivity contribution >= 4 is 11.6 Å². The maximum atomic E-state index is 12.5. The Labute approximate surface area is 139 Å². The zero-order valence-electron chi connectivity index (χ0n) is 14.7. The van der Waals surface area contributed by atoms with Crippen LogP contribution in [0.4, 0.5) is 0 Å². The van der Waals surface area contributed by atoms with Gasteiger partial charge in [-0.2, -0.15) is 0 Å². The second-order valence-electron chi connectivity index (χ2n) is 8.94. The van der Waals surface area contributed by atoms with Gasteiger partial charge in [-0.3, -0.25) is 9.59 Å². The smallest absolute Gasteiger partial charge is 0.158 e. The van der Waals surface area contributed by atoms with Crippen molar-refractivity contribution < 1.29 is 9.59 Å². The summed E-state index contributed by atoms with van der Waals surface area (Å²) in [6.45, 7) is 11.0. The van der Waals surface area contributed by atoms with Crippen molar-refractivity contribution in [3.8, 4) is 0 Å². The highest BCUT2D eigenvalue weighted by atomic mass is 16.1. The van der Waals surface area contributed by atoms with Crippen LogP contribution >= 0.6 is 0 Å². The molecule has 0 radical (unpaired) electrons. The summed E-state index contributed by atoms with van der Waals surface area (Å²) in [7, 11) is 0. The highest BCUT2D eigenvalue weighted by molar-refractivity contribution is 5.97. The fraction of sp³-hybridized carbons (Fsp3) is 0.714. The normalized spacial score (nSPS) is 46.6. The van der Waals surface area contributed by atoms with Gasteiger partial charge < -0.3 is 0 Å². The third-order valence-electron chi connectivity index (χ3n) is 8.04. The molecular weight excluding hydrogens is 284 g/mol. The van der Waals surface area contributed by atoms with E-state index in [2.05, 4.69) is 20.4 Å². The van der Waals surface area contributed by atoms with E-state index in [1.54, 1.807) is 0 Å². The van der Waals surface area contributed by atoms with E-state index in [4.69, 9.17) is 0 Å². The van der Waals surface area contributed by atoms with Gasteiger partial charge in [-0.15, -0.1) is 0 Å². The number of carbonyl (C=O) groups excluding carboxylic acids is 2. The molecule has 0 aromatic heterocycles. The molecule has 0 N–H and O–H groups in total. The van der Waals surface area contributed by atoms with Crippen LogP contribution in [-0.4, -0.2) is 11.6 Å². The molecule has 0 bridgehead atoms. The summed E-state index contributed by atoms with van der Waals surface area (Å²) in [5.41, 5.74) is 3.45. The van der Waals surface area contributed by atoms with Crippen LogP contribution in [0.2, 0.25) is 0 Å². The minimum absolute atomic E-state index is 0.0848. The van der Waals surface area contributed by atoms with E-state index in [9.17, 15) is 9.59 Å². The third kappa shape index (κ3) is 1.81. The van der Waals surface area contributed by atoms with Crippen LogP contribution in [-0.2, 0) is 9.59 Å². The third-order valence-corrected chi connectivity index (χ3v) is 8.04. The molecule has 2 heteroatoms. The molecule has 5 atom stereocenters. The van der Waals surface area contributed by atoms with Gasteiger partial charge in [-0.1, -0.05) is 26.0 Å². The standard InChI is InChI=1S/C21H28O2/c1-12-11-14-15-5-6-18(23)20(15,3)9-7-16(14)21(4)10-8-17(22)13(2)19(12)21/h14-16H,1,5-11H2,2-4H3/t14-,15-,16-,20-,21+/m0/s1. The van der Waals surface area contributed by atoms with Gasteiger partial charge in [-0.25, -0.2) is 0 Å². The van der Waals surface area contributed by atoms with E-state index in [-0.39, 0.29) is 10.8 Å². The van der Waals surface area contributed by atoms with Crippen LogP contribution in [0.1, 0.15) is 65.7 Å². The van der Waals surface area contributed by atoms with E-state index >= 15 is 0 Å². The molecule has 0 amide bonds. The molecule has 0 saturated heterocycles. The molecule has 0 aromatic carbocycles. The highest BCUT2D eigenvalue weighted by Crippen LogP contribution is 2.65. The van der Waals surface area contributed by atoms with Crippen molar-refractivity contribution in [1.29, 1.82) is 0 Å². The fourth-order valence-corrected chi connectivity index (χ4v) is 6.81. The molecule has 4 aliphatic carbocycles. The van der Waals surface area contributed by atoms with Gasteiger partial charge >= 0.3 is 0 Å². The zero-order chi connectivity index (χ0) is 16.6. The molecule has 0 aromatic rings. The van der Waals surface area contributed by atoms with Crippen molar-refractivity contribution in [2.24, 2.45) is 28.6 Å². The predicted molar refractivity (Wildman–Crippen MR) is 90.9 cm³/mol. The van der Waals surface area contributed by atoms with E-state index in [0.29, 0.717) is 35.7 Å². The second-order valence-corrected chi connectivity index (χ2v) is 8.94. The van der Waals surface area contributed by atoms with Gasteiger partial charge in [0.1, 0.15) is 5.78 Å². The number of carbonyl (C=O) groups is 2. The number of hydrogen-bond donors (Lipinski definition) is 0. The van der Waals surface area contributed by atoms with Crippen molar-refractivity contribution in [2.75, 3.05) is 0 Å². The Kier molecular flexibility index (Phi) is 3.12. The lowest BCUT2D eigenvalue weighted by molar-refractivity contribution is -0.132. The molecule has 3 saturated carbocycles. The first-order chi connectivity index (χ1) is 10.8. The van der Waals surface area contributed by atoms with Crippen LogP contribution in [0.3, 0.4) is 0 Å². The molecule has 4 aliphatic rings. The molecule has 4 rings (SSSR count). The number of fused-ring (bicyclic) bond motifs is 5. The largest absolute Gasteiger partial charge is 0.299 e. The van der Waals surface area contributed by atoms with Crippen molar-refractivity contribution in [2.45, 2.75) is 65.7 Å². The van der Waals surface area contributed by atoms with Crippen LogP contribution in [0.25, 0.3) is 0 Å². The van der Waals surface area contributed by atoms with Crippen molar-refractivity contribution in [1.82, 2.24) is 0 Å². The van der Waals surface area contributed by atoms with E-state index in [1.807, 2.05) is 6.92 Å². The molecule has 3 fully saturated rings. The van der Waals surface area contributed by atoms with E-state index in [1.165, 1.54) is 11.1 Å². The average molecular weight is 312 g/mol. The van der Waals surface area contributed by atoms with Gasteiger partial charge in [0.2, 0.25) is 0 Å². The maximum absolute atomic E-state index is 12.5. The number of Topliss-reactive ketones (excluding diaryl/α,β-unsaturated/α-hetero) is 2. The van der Waals surface area contributed by atoms with Crippen molar-refractivity contribution in [3.05, 3.63) is 23.3 Å². The summed E-state index contributed by atoms with van der Waals surface area (Å²) in [6, 6.07) is 0. The Morgan fingerprint density at radius 3 is 2.43 bits per heavy atom. The summed E-state index contributed by atoms with van der Waals surface area (Å²) in [5, 5.41) is 0. The molecule has 0 heterocycles. The summed E-state index contributed by atoms with van der Waals surface area (Å²) in [6.07, 6.45) is 6.66. The van der Waals surface area contributed by atoms with Crippen molar-refractivity contribution in [3.63, 3.8) is 0 Å². The molecule has 23 heavy (non-hydrogen) atoms. The Morgan fingerprint density at radius 1 is 1.00 bits per heavy atom. The zero-order valence-corrected chi connectivity index (χ0v) is 14.7.